The van der Waals surface area contributed by atoms with Gasteiger partial charge in [0.15, 0.2) is 0 Å². The molecule has 0 aliphatic rings. The molecule has 15 heavy (non-hydrogen) atoms. The summed E-state index contributed by atoms with van der Waals surface area (Å²) in [5.74, 6) is 0. The zero-order chi connectivity index (χ0) is 11.5. The van der Waals surface area contributed by atoms with Crippen LogP contribution in [0.25, 0.3) is 0 Å². The Morgan fingerprint density at radius 1 is 1.27 bits per heavy atom. The van der Waals surface area contributed by atoms with Gasteiger partial charge in [-0.05, 0) is 20.0 Å². The van der Waals surface area contributed by atoms with Gasteiger partial charge in [0.25, 0.3) is 0 Å². The highest BCUT2D eigenvalue weighted by atomic mass is 16.5. The molecule has 1 unspecified atom stereocenters. The van der Waals surface area contributed by atoms with E-state index in [1.807, 2.05) is 6.92 Å². The van der Waals surface area contributed by atoms with Crippen molar-refractivity contribution in [2.75, 3.05) is 45.9 Å². The molecule has 0 aromatic carbocycles. The van der Waals surface area contributed by atoms with Crippen LogP contribution in [0.1, 0.15) is 20.8 Å². The molecule has 0 amide bonds. The smallest absolute Gasteiger partial charge is 0.0897 e. The lowest BCUT2D eigenvalue weighted by molar-refractivity contribution is 0.0427. The van der Waals surface area contributed by atoms with Gasteiger partial charge >= 0.3 is 0 Å². The number of hydrogen-bond donors (Lipinski definition) is 2. The summed E-state index contributed by atoms with van der Waals surface area (Å²) in [6.07, 6.45) is -0.387. The third-order valence-corrected chi connectivity index (χ3v) is 2.39. The van der Waals surface area contributed by atoms with Crippen LogP contribution in [0.3, 0.4) is 0 Å². The van der Waals surface area contributed by atoms with Crippen molar-refractivity contribution < 1.29 is 9.84 Å². The highest BCUT2D eigenvalue weighted by Crippen LogP contribution is 1.86. The van der Waals surface area contributed by atoms with Crippen molar-refractivity contribution in [2.24, 2.45) is 0 Å². The van der Waals surface area contributed by atoms with Gasteiger partial charge < -0.3 is 20.1 Å². The normalized spacial score (nSPS) is 13.4. The summed E-state index contributed by atoms with van der Waals surface area (Å²) in [6.45, 7) is 12.1. The predicted octanol–water partition coefficient (Wildman–Crippen LogP) is 0.315. The van der Waals surface area contributed by atoms with Gasteiger partial charge in [-0.15, -0.1) is 0 Å². The second-order valence-electron chi connectivity index (χ2n) is 3.54. The minimum atomic E-state index is -0.387. The molecule has 1 atom stereocenters. The molecule has 4 heteroatoms. The number of likely N-dealkylation sites (N-methyl/N-ethyl adjacent to an activating group) is 1. The largest absolute Gasteiger partial charge is 0.389 e. The van der Waals surface area contributed by atoms with Crippen LogP contribution in [0.5, 0.6) is 0 Å². The van der Waals surface area contributed by atoms with E-state index >= 15 is 0 Å². The minimum Gasteiger partial charge on any atom is -0.389 e. The summed E-state index contributed by atoms with van der Waals surface area (Å²) in [5.41, 5.74) is 0. The second-order valence-corrected chi connectivity index (χ2v) is 3.54. The molecule has 92 valence electrons. The van der Waals surface area contributed by atoms with Gasteiger partial charge in [-0.25, -0.2) is 0 Å². The SMILES string of the molecule is CCOCC(O)CNCCN(CC)CC. The number of hydrogen-bond acceptors (Lipinski definition) is 4. The maximum Gasteiger partial charge on any atom is 0.0897 e. The Hall–Kier alpha value is -0.160. The van der Waals surface area contributed by atoms with Gasteiger partial charge in [-0.1, -0.05) is 13.8 Å². The van der Waals surface area contributed by atoms with Crippen LogP contribution in [0, 0.1) is 0 Å². The monoisotopic (exact) mass is 218 g/mol. The molecule has 0 aliphatic heterocycles. The van der Waals surface area contributed by atoms with Crippen LogP contribution < -0.4 is 5.32 Å². The van der Waals surface area contributed by atoms with E-state index in [0.29, 0.717) is 19.8 Å². The minimum absolute atomic E-state index is 0.387. The maximum absolute atomic E-state index is 9.46. The molecule has 0 aromatic heterocycles. The van der Waals surface area contributed by atoms with Crippen molar-refractivity contribution in [3.05, 3.63) is 0 Å². The first kappa shape index (κ1) is 14.8. The summed E-state index contributed by atoms with van der Waals surface area (Å²) < 4.78 is 5.12. The van der Waals surface area contributed by atoms with Crippen LogP contribution >= 0.6 is 0 Å². The highest BCUT2D eigenvalue weighted by Gasteiger charge is 2.03. The van der Waals surface area contributed by atoms with Crippen molar-refractivity contribution in [3.8, 4) is 0 Å². The molecule has 0 bridgehead atoms. The standard InChI is InChI=1S/C11H26N2O2/c1-4-13(5-2)8-7-12-9-11(14)10-15-6-3/h11-12,14H,4-10H2,1-3H3. The number of nitrogens with one attached hydrogen (secondary N) is 1. The summed E-state index contributed by atoms with van der Waals surface area (Å²) in [6, 6.07) is 0. The third kappa shape index (κ3) is 8.81. The second kappa shape index (κ2) is 10.4. The summed E-state index contributed by atoms with van der Waals surface area (Å²) in [4.78, 5) is 2.35. The first-order valence-electron chi connectivity index (χ1n) is 5.93. The Kier molecular flexibility index (Phi) is 10.3. The predicted molar refractivity (Wildman–Crippen MR) is 63.2 cm³/mol. The van der Waals surface area contributed by atoms with Crippen molar-refractivity contribution in [1.29, 1.82) is 0 Å². The lowest BCUT2D eigenvalue weighted by Gasteiger charge is -2.18. The number of ether oxygens (including phenoxy) is 1. The third-order valence-electron chi connectivity index (χ3n) is 2.39. The van der Waals surface area contributed by atoms with Gasteiger partial charge in [0.2, 0.25) is 0 Å². The van der Waals surface area contributed by atoms with Gasteiger partial charge in [0.1, 0.15) is 0 Å². The highest BCUT2D eigenvalue weighted by molar-refractivity contribution is 4.60. The zero-order valence-corrected chi connectivity index (χ0v) is 10.3. The molecule has 0 radical (unpaired) electrons. The van der Waals surface area contributed by atoms with E-state index in [2.05, 4.69) is 24.1 Å². The van der Waals surface area contributed by atoms with Crippen molar-refractivity contribution in [2.45, 2.75) is 26.9 Å². The van der Waals surface area contributed by atoms with Crippen molar-refractivity contribution in [3.63, 3.8) is 0 Å². The average Bonchev–Trinajstić information content (AvgIpc) is 2.26. The van der Waals surface area contributed by atoms with E-state index in [0.717, 1.165) is 26.2 Å². The molecule has 0 aromatic rings. The number of nitrogens with zero attached hydrogens (tertiary/aromatic N) is 1. The zero-order valence-electron chi connectivity index (χ0n) is 10.3. The average molecular weight is 218 g/mol. The lowest BCUT2D eigenvalue weighted by atomic mass is 10.3. The molecule has 0 heterocycles. The maximum atomic E-state index is 9.46. The molecule has 0 spiro atoms. The van der Waals surface area contributed by atoms with Crippen LogP contribution in [-0.2, 0) is 4.74 Å². The molecule has 0 rings (SSSR count). The Balaban J connectivity index is 3.29. The first-order valence-corrected chi connectivity index (χ1v) is 5.93. The molecule has 0 saturated carbocycles. The van der Waals surface area contributed by atoms with Crippen LogP contribution in [0.2, 0.25) is 0 Å². The van der Waals surface area contributed by atoms with E-state index < -0.39 is 0 Å². The van der Waals surface area contributed by atoms with E-state index in [-0.39, 0.29) is 6.10 Å². The van der Waals surface area contributed by atoms with Crippen LogP contribution in [-0.4, -0.2) is 62.0 Å². The molecular weight excluding hydrogens is 192 g/mol. The quantitative estimate of drug-likeness (QED) is 0.518. The van der Waals surface area contributed by atoms with Gasteiger partial charge in [0, 0.05) is 26.2 Å². The molecule has 2 N–H and O–H groups in total. The van der Waals surface area contributed by atoms with Crippen LogP contribution in [0.15, 0.2) is 0 Å². The summed E-state index contributed by atoms with van der Waals surface area (Å²) in [7, 11) is 0. The fourth-order valence-electron chi connectivity index (χ4n) is 1.36. The Morgan fingerprint density at radius 2 is 1.93 bits per heavy atom. The van der Waals surface area contributed by atoms with Crippen molar-refractivity contribution >= 4 is 0 Å². The Morgan fingerprint density at radius 3 is 2.47 bits per heavy atom. The molecule has 0 aliphatic carbocycles. The van der Waals surface area contributed by atoms with Gasteiger partial charge in [-0.3, -0.25) is 0 Å². The number of aliphatic hydroxyl groups is 1. The molecular formula is C11H26N2O2. The summed E-state index contributed by atoms with van der Waals surface area (Å²) >= 11 is 0. The van der Waals surface area contributed by atoms with Crippen LogP contribution in [0.4, 0.5) is 0 Å². The van der Waals surface area contributed by atoms with E-state index in [4.69, 9.17) is 4.74 Å². The Labute approximate surface area is 93.6 Å². The Bertz CT molecular complexity index is 130. The van der Waals surface area contributed by atoms with Gasteiger partial charge in [0.05, 0.1) is 12.7 Å². The fourth-order valence-corrected chi connectivity index (χ4v) is 1.36. The fraction of sp³-hybridized carbons (Fsp3) is 1.00. The molecule has 4 nitrogen and oxygen atoms in total. The van der Waals surface area contributed by atoms with E-state index in [9.17, 15) is 5.11 Å². The molecule has 0 saturated heterocycles. The topological polar surface area (TPSA) is 44.7 Å². The lowest BCUT2D eigenvalue weighted by Crippen LogP contribution is -2.36. The van der Waals surface area contributed by atoms with Crippen molar-refractivity contribution in [1.82, 2.24) is 10.2 Å². The summed E-state index contributed by atoms with van der Waals surface area (Å²) in [5, 5.41) is 12.7. The number of rotatable bonds is 10. The first-order chi connectivity index (χ1) is 7.24. The van der Waals surface area contributed by atoms with Gasteiger partial charge in [-0.2, -0.15) is 0 Å². The molecule has 0 fully saturated rings. The number of aliphatic hydroxyl groups excluding tert-OH is 1. The van der Waals surface area contributed by atoms with E-state index in [1.165, 1.54) is 0 Å². The van der Waals surface area contributed by atoms with E-state index in [1.54, 1.807) is 0 Å².